The molecule has 3 aromatic rings. The van der Waals surface area contributed by atoms with Crippen LogP contribution in [0, 0.1) is 12.8 Å². The van der Waals surface area contributed by atoms with Gasteiger partial charge in [0.15, 0.2) is 11.2 Å². The zero-order valence-electron chi connectivity index (χ0n) is 15.0. The average molecular weight is 364 g/mol. The van der Waals surface area contributed by atoms with Crippen LogP contribution in [0.15, 0.2) is 57.9 Å². The van der Waals surface area contributed by atoms with Crippen molar-refractivity contribution in [3.63, 3.8) is 0 Å². The number of amides is 1. The molecular formula is C21H20N2O4. The monoisotopic (exact) mass is 364 g/mol. The number of fused-ring (bicyclic) bond motifs is 1. The van der Waals surface area contributed by atoms with Crippen LogP contribution in [-0.4, -0.2) is 40.1 Å². The van der Waals surface area contributed by atoms with Crippen LogP contribution in [0.1, 0.15) is 21.9 Å². The van der Waals surface area contributed by atoms with Crippen molar-refractivity contribution >= 4 is 16.8 Å². The number of para-hydroxylation sites is 1. The first-order valence-electron chi connectivity index (χ1n) is 8.93. The second kappa shape index (κ2) is 6.96. The molecule has 3 heterocycles. The molecule has 0 bridgehead atoms. The first kappa shape index (κ1) is 17.4. The average Bonchev–Trinajstić information content (AvgIpc) is 3.01. The molecule has 1 fully saturated rings. The van der Waals surface area contributed by atoms with E-state index in [0.717, 1.165) is 16.5 Å². The summed E-state index contributed by atoms with van der Waals surface area (Å²) in [6.45, 7) is 2.27. The van der Waals surface area contributed by atoms with Crippen LogP contribution in [0.5, 0.6) is 0 Å². The molecule has 1 aliphatic heterocycles. The largest absolute Gasteiger partial charge is 0.456 e. The minimum atomic E-state index is -0.627. The lowest BCUT2D eigenvalue weighted by molar-refractivity contribution is 0.0729. The lowest BCUT2D eigenvalue weighted by atomic mass is 9.94. The van der Waals surface area contributed by atoms with Gasteiger partial charge >= 0.3 is 0 Å². The lowest BCUT2D eigenvalue weighted by Crippen LogP contribution is -2.30. The van der Waals surface area contributed by atoms with Gasteiger partial charge < -0.3 is 14.4 Å². The summed E-state index contributed by atoms with van der Waals surface area (Å²) in [6, 6.07) is 12.4. The Bertz CT molecular complexity index is 1050. The Morgan fingerprint density at radius 1 is 1.26 bits per heavy atom. The van der Waals surface area contributed by atoms with E-state index in [4.69, 9.17) is 4.42 Å². The van der Waals surface area contributed by atoms with Crippen LogP contribution in [0.25, 0.3) is 10.9 Å². The van der Waals surface area contributed by atoms with Crippen molar-refractivity contribution < 1.29 is 14.3 Å². The molecule has 6 heteroatoms. The van der Waals surface area contributed by atoms with E-state index in [2.05, 4.69) is 4.98 Å². The lowest BCUT2D eigenvalue weighted by Gasteiger charge is -2.16. The number of hydrogen-bond acceptors (Lipinski definition) is 5. The molecule has 0 unspecified atom stereocenters. The molecule has 1 aromatic carbocycles. The summed E-state index contributed by atoms with van der Waals surface area (Å²) in [5.74, 6) is -0.0409. The molecule has 0 aliphatic carbocycles. The van der Waals surface area contributed by atoms with Gasteiger partial charge in [-0.1, -0.05) is 18.2 Å². The molecule has 1 N–H and O–H groups in total. The quantitative estimate of drug-likeness (QED) is 0.770. The smallest absolute Gasteiger partial charge is 0.289 e. The van der Waals surface area contributed by atoms with Crippen molar-refractivity contribution in [3.8, 4) is 0 Å². The number of likely N-dealkylation sites (tertiary alicyclic amines) is 1. The van der Waals surface area contributed by atoms with Crippen molar-refractivity contribution in [2.75, 3.05) is 13.1 Å². The number of hydrogen-bond donors (Lipinski definition) is 1. The number of aryl methyl sites for hydroxylation is 1. The highest BCUT2D eigenvalue weighted by atomic mass is 16.3. The second-order valence-electron chi connectivity index (χ2n) is 7.00. The molecule has 0 saturated carbocycles. The first-order chi connectivity index (χ1) is 13.0. The van der Waals surface area contributed by atoms with Gasteiger partial charge in [-0.25, -0.2) is 0 Å². The fraction of sp³-hybridized carbons (Fsp3) is 0.286. The molecule has 6 nitrogen and oxygen atoms in total. The Labute approximate surface area is 156 Å². The number of aliphatic hydroxyl groups is 1. The maximum Gasteiger partial charge on any atom is 0.289 e. The third-order valence-electron chi connectivity index (χ3n) is 5.02. The number of carbonyl (C=O) groups is 1. The van der Waals surface area contributed by atoms with Crippen LogP contribution in [0.2, 0.25) is 0 Å². The Kier molecular flexibility index (Phi) is 4.49. The maximum absolute atomic E-state index is 12.7. The predicted octanol–water partition coefficient (Wildman–Crippen LogP) is 2.17. The normalized spacial score (nSPS) is 19.6. The Morgan fingerprint density at radius 3 is 2.89 bits per heavy atom. The number of pyridine rings is 1. The van der Waals surface area contributed by atoms with Crippen LogP contribution in [0.4, 0.5) is 0 Å². The predicted molar refractivity (Wildman–Crippen MR) is 101 cm³/mol. The maximum atomic E-state index is 12.7. The molecule has 1 saturated heterocycles. The number of β-amino-alcohol motifs (C(OH)–C–C–N with tert-alkyl or cyclic N) is 1. The van der Waals surface area contributed by atoms with Gasteiger partial charge in [0, 0.05) is 42.7 Å². The van der Waals surface area contributed by atoms with Gasteiger partial charge in [0.05, 0.1) is 11.6 Å². The molecule has 138 valence electrons. The standard InChI is InChI=1S/C21H20N2O4/c1-13-8-16(24)10-20(27-13)21(26)23-11-15(19(25)12-23)9-14-6-7-22-18-5-3-2-4-17(14)18/h2-8,10,15,19,25H,9,11-12H2,1H3/t15-,19+/m1/s1. The number of nitrogens with zero attached hydrogens (tertiary/aromatic N) is 2. The van der Waals surface area contributed by atoms with Gasteiger partial charge in [-0.3, -0.25) is 14.6 Å². The van der Waals surface area contributed by atoms with Crippen LogP contribution in [0.3, 0.4) is 0 Å². The van der Waals surface area contributed by atoms with E-state index in [1.807, 2.05) is 30.3 Å². The van der Waals surface area contributed by atoms with Gasteiger partial charge in [-0.2, -0.15) is 0 Å². The highest BCUT2D eigenvalue weighted by molar-refractivity contribution is 5.91. The zero-order valence-corrected chi connectivity index (χ0v) is 15.0. The molecule has 2 atom stereocenters. The summed E-state index contributed by atoms with van der Waals surface area (Å²) in [5, 5.41) is 11.6. The second-order valence-corrected chi connectivity index (χ2v) is 7.00. The highest BCUT2D eigenvalue weighted by Gasteiger charge is 2.35. The van der Waals surface area contributed by atoms with Crippen LogP contribution in [-0.2, 0) is 6.42 Å². The molecule has 27 heavy (non-hydrogen) atoms. The van der Waals surface area contributed by atoms with Crippen molar-refractivity contribution in [2.45, 2.75) is 19.4 Å². The van der Waals surface area contributed by atoms with Crippen LogP contribution >= 0.6 is 0 Å². The van der Waals surface area contributed by atoms with Gasteiger partial charge in [0.2, 0.25) is 0 Å². The SMILES string of the molecule is Cc1cc(=O)cc(C(=O)N2C[C@@H](Cc3ccnc4ccccc34)[C@@H](O)C2)o1. The third kappa shape index (κ3) is 3.48. The molecule has 4 rings (SSSR count). The number of benzene rings is 1. The molecule has 1 amide bonds. The summed E-state index contributed by atoms with van der Waals surface area (Å²) in [4.78, 5) is 30.2. The van der Waals surface area contributed by atoms with Gasteiger partial charge in [-0.15, -0.1) is 0 Å². The van der Waals surface area contributed by atoms with E-state index < -0.39 is 6.10 Å². The van der Waals surface area contributed by atoms with Crippen molar-refractivity contribution in [1.29, 1.82) is 0 Å². The molecular weight excluding hydrogens is 344 g/mol. The fourth-order valence-corrected chi connectivity index (χ4v) is 3.70. The van der Waals surface area contributed by atoms with Crippen molar-refractivity contribution in [1.82, 2.24) is 9.88 Å². The van der Waals surface area contributed by atoms with Crippen molar-refractivity contribution in [3.05, 3.63) is 76.0 Å². The summed E-state index contributed by atoms with van der Waals surface area (Å²) in [7, 11) is 0. The van der Waals surface area contributed by atoms with E-state index in [1.165, 1.54) is 12.1 Å². The number of aromatic nitrogens is 1. The minimum Gasteiger partial charge on any atom is -0.456 e. The molecule has 2 aromatic heterocycles. The van der Waals surface area contributed by atoms with Gasteiger partial charge in [-0.05, 0) is 31.0 Å². The summed E-state index contributed by atoms with van der Waals surface area (Å²) < 4.78 is 5.40. The summed E-state index contributed by atoms with van der Waals surface area (Å²) in [6.07, 6.45) is 1.78. The fourth-order valence-electron chi connectivity index (χ4n) is 3.70. The molecule has 0 radical (unpaired) electrons. The Hall–Kier alpha value is -2.99. The number of carbonyl (C=O) groups excluding carboxylic acids is 1. The third-order valence-corrected chi connectivity index (χ3v) is 5.02. The van der Waals surface area contributed by atoms with Gasteiger partial charge in [0.25, 0.3) is 5.91 Å². The first-order valence-corrected chi connectivity index (χ1v) is 8.93. The van der Waals surface area contributed by atoms with E-state index in [1.54, 1.807) is 18.0 Å². The zero-order chi connectivity index (χ0) is 19.0. The van der Waals surface area contributed by atoms with E-state index in [-0.39, 0.29) is 29.6 Å². The van der Waals surface area contributed by atoms with Crippen LogP contribution < -0.4 is 5.43 Å². The van der Waals surface area contributed by atoms with Crippen molar-refractivity contribution in [2.24, 2.45) is 5.92 Å². The summed E-state index contributed by atoms with van der Waals surface area (Å²) in [5.41, 5.74) is 1.75. The topological polar surface area (TPSA) is 83.6 Å². The van der Waals surface area contributed by atoms with Gasteiger partial charge in [0.1, 0.15) is 5.76 Å². The number of rotatable bonds is 3. The summed E-state index contributed by atoms with van der Waals surface area (Å²) >= 11 is 0. The van der Waals surface area contributed by atoms with E-state index >= 15 is 0 Å². The number of aliphatic hydroxyl groups excluding tert-OH is 1. The van der Waals surface area contributed by atoms with E-state index in [0.29, 0.717) is 18.7 Å². The Morgan fingerprint density at radius 2 is 2.07 bits per heavy atom. The highest BCUT2D eigenvalue weighted by Crippen LogP contribution is 2.26. The minimum absolute atomic E-state index is 0.0159. The molecule has 0 spiro atoms. The Balaban J connectivity index is 1.54. The van der Waals surface area contributed by atoms with E-state index in [9.17, 15) is 14.7 Å². The molecule has 1 aliphatic rings.